The molecule has 10 atom stereocenters. The van der Waals surface area contributed by atoms with Crippen LogP contribution >= 0.6 is 0 Å². The Kier molecular flexibility index (Phi) is 8.92. The zero-order valence-electron chi connectivity index (χ0n) is 26.0. The molecule has 5 nitrogen and oxygen atoms in total. The molecule has 0 spiro atoms. The Morgan fingerprint density at radius 3 is 2.64 bits per heavy atom. The first-order valence-corrected chi connectivity index (χ1v) is 16.7. The molecule has 39 heavy (non-hydrogen) atoms. The minimum atomic E-state index is -0.715. The minimum absolute atomic E-state index is 0.0458. The van der Waals surface area contributed by atoms with Gasteiger partial charge in [-0.2, -0.15) is 0 Å². The Labute approximate surface area is 239 Å². The highest BCUT2D eigenvalue weighted by atomic mass is 16.5. The fourth-order valence-electron chi connectivity index (χ4n) is 10.7. The van der Waals surface area contributed by atoms with Crippen LogP contribution in [0.1, 0.15) is 118 Å². The molecule has 4 aliphatic carbocycles. The molecule has 0 radical (unpaired) electrons. The van der Waals surface area contributed by atoms with Crippen LogP contribution in [0.15, 0.2) is 12.5 Å². The standard InChI is InChI=1S/C34H59N3O2/c1-7-39-26-13-17-33(6)30-14-16-32(5)28(24(4)10-8-9-23(2)3)11-12-29(32)27(30)19-31(34(33,38)20-26)36-18-15-25-21-35-22-37-25/h21-24,26-31,36,38H,7-20H2,1-6H3,(H,35,37)/t24-,26+,27+,28-,29+,30+,31-,32-,33-,34+/m1/s1. The monoisotopic (exact) mass is 541 g/mol. The number of aromatic amines is 1. The molecule has 0 amide bonds. The quantitative estimate of drug-likeness (QED) is 0.278. The summed E-state index contributed by atoms with van der Waals surface area (Å²) in [6.45, 7) is 16.1. The van der Waals surface area contributed by atoms with Crippen LogP contribution in [0.2, 0.25) is 0 Å². The maximum Gasteiger partial charge on any atom is 0.0923 e. The fourth-order valence-corrected chi connectivity index (χ4v) is 10.7. The van der Waals surface area contributed by atoms with Gasteiger partial charge in [-0.1, -0.05) is 53.9 Å². The van der Waals surface area contributed by atoms with E-state index in [4.69, 9.17) is 4.74 Å². The summed E-state index contributed by atoms with van der Waals surface area (Å²) >= 11 is 0. The number of hydrogen-bond donors (Lipinski definition) is 3. The van der Waals surface area contributed by atoms with Gasteiger partial charge in [0, 0.05) is 43.6 Å². The molecular weight excluding hydrogens is 482 g/mol. The zero-order valence-corrected chi connectivity index (χ0v) is 26.0. The van der Waals surface area contributed by atoms with Gasteiger partial charge in [0.1, 0.15) is 0 Å². The van der Waals surface area contributed by atoms with Gasteiger partial charge < -0.3 is 20.1 Å². The van der Waals surface area contributed by atoms with Crippen molar-refractivity contribution in [3.63, 3.8) is 0 Å². The summed E-state index contributed by atoms with van der Waals surface area (Å²) < 4.78 is 6.16. The van der Waals surface area contributed by atoms with E-state index in [2.05, 4.69) is 56.8 Å². The van der Waals surface area contributed by atoms with E-state index in [0.29, 0.717) is 17.3 Å². The molecule has 4 saturated carbocycles. The first-order chi connectivity index (χ1) is 18.6. The first kappa shape index (κ1) is 29.6. The lowest BCUT2D eigenvalue weighted by molar-refractivity contribution is -0.237. The van der Waals surface area contributed by atoms with Crippen LogP contribution in [0.3, 0.4) is 0 Å². The predicted molar refractivity (Wildman–Crippen MR) is 159 cm³/mol. The van der Waals surface area contributed by atoms with Crippen LogP contribution in [0.4, 0.5) is 0 Å². The molecule has 4 aliphatic rings. The van der Waals surface area contributed by atoms with Gasteiger partial charge in [0.2, 0.25) is 0 Å². The highest BCUT2D eigenvalue weighted by Gasteiger charge is 2.67. The SMILES string of the molecule is CCO[C@H]1CC[C@]2(C)[C@H]3CC[C@]4(C)[C@@H]([C@H](C)CCCC(C)C)CC[C@H]4[C@@H]3C[C@@H](NCCc3c[nH]cn3)[C@@]2(O)C1. The second-order valence-corrected chi connectivity index (χ2v) is 15.1. The number of ether oxygens (including phenoxy) is 1. The average Bonchev–Trinajstić information content (AvgIpc) is 3.53. The minimum Gasteiger partial charge on any atom is -0.388 e. The zero-order chi connectivity index (χ0) is 27.8. The van der Waals surface area contributed by atoms with Crippen LogP contribution in [-0.2, 0) is 11.2 Å². The first-order valence-electron chi connectivity index (χ1n) is 16.7. The van der Waals surface area contributed by atoms with Gasteiger partial charge in [-0.05, 0) is 92.8 Å². The number of rotatable bonds is 11. The summed E-state index contributed by atoms with van der Waals surface area (Å²) in [4.78, 5) is 7.53. The molecule has 0 unspecified atom stereocenters. The fraction of sp³-hybridized carbons (Fsp3) is 0.912. The summed E-state index contributed by atoms with van der Waals surface area (Å²) in [6, 6.07) is 0.121. The summed E-state index contributed by atoms with van der Waals surface area (Å²) in [5.74, 6) is 4.66. The van der Waals surface area contributed by atoms with E-state index in [9.17, 15) is 5.11 Å². The van der Waals surface area contributed by atoms with Gasteiger partial charge in [0.05, 0.1) is 23.7 Å². The summed E-state index contributed by atoms with van der Waals surface area (Å²) in [5.41, 5.74) is 0.799. The van der Waals surface area contributed by atoms with Crippen molar-refractivity contribution >= 4 is 0 Å². The topological polar surface area (TPSA) is 70.2 Å². The second-order valence-electron chi connectivity index (χ2n) is 15.1. The summed E-state index contributed by atoms with van der Waals surface area (Å²) in [5, 5.41) is 16.7. The molecule has 0 bridgehead atoms. The normalized spacial score (nSPS) is 42.7. The lowest BCUT2D eigenvalue weighted by Crippen LogP contribution is -2.71. The van der Waals surface area contributed by atoms with Crippen LogP contribution in [0.5, 0.6) is 0 Å². The Morgan fingerprint density at radius 1 is 1.10 bits per heavy atom. The van der Waals surface area contributed by atoms with Crippen molar-refractivity contribution in [2.24, 2.45) is 46.3 Å². The maximum atomic E-state index is 12.7. The van der Waals surface area contributed by atoms with Crippen LogP contribution < -0.4 is 5.32 Å². The maximum absolute atomic E-state index is 12.7. The second kappa shape index (κ2) is 11.8. The Balaban J connectivity index is 1.37. The molecular formula is C34H59N3O2. The van der Waals surface area contributed by atoms with Crippen LogP contribution in [-0.4, -0.2) is 46.0 Å². The molecule has 3 N–H and O–H groups in total. The Morgan fingerprint density at radius 2 is 1.92 bits per heavy atom. The lowest BCUT2D eigenvalue weighted by atomic mass is 9.42. The third-order valence-electron chi connectivity index (χ3n) is 12.8. The van der Waals surface area contributed by atoms with E-state index < -0.39 is 5.60 Å². The number of hydrogen-bond acceptors (Lipinski definition) is 4. The number of nitrogens with zero attached hydrogens (tertiary/aromatic N) is 1. The number of aliphatic hydroxyl groups is 1. The number of H-pyrrole nitrogens is 1. The molecule has 5 heteroatoms. The van der Waals surface area contributed by atoms with E-state index in [0.717, 1.165) is 74.6 Å². The van der Waals surface area contributed by atoms with Gasteiger partial charge in [-0.25, -0.2) is 4.98 Å². The van der Waals surface area contributed by atoms with Crippen molar-refractivity contribution in [2.45, 2.75) is 136 Å². The summed E-state index contributed by atoms with van der Waals surface area (Å²) in [7, 11) is 0. The van der Waals surface area contributed by atoms with E-state index in [-0.39, 0.29) is 17.6 Å². The molecule has 0 saturated heterocycles. The van der Waals surface area contributed by atoms with E-state index in [1.807, 2.05) is 6.20 Å². The number of imidazole rings is 1. The van der Waals surface area contributed by atoms with Gasteiger partial charge in [-0.3, -0.25) is 0 Å². The molecule has 0 aliphatic heterocycles. The largest absolute Gasteiger partial charge is 0.388 e. The van der Waals surface area contributed by atoms with Crippen molar-refractivity contribution in [1.29, 1.82) is 0 Å². The molecule has 0 aromatic carbocycles. The van der Waals surface area contributed by atoms with Gasteiger partial charge in [0.15, 0.2) is 0 Å². The van der Waals surface area contributed by atoms with Gasteiger partial charge >= 0.3 is 0 Å². The molecule has 1 aromatic rings. The van der Waals surface area contributed by atoms with Crippen LogP contribution in [0.25, 0.3) is 0 Å². The molecule has 5 rings (SSSR count). The lowest BCUT2D eigenvalue weighted by Gasteiger charge is -2.66. The molecule has 222 valence electrons. The highest BCUT2D eigenvalue weighted by molar-refractivity contribution is 5.19. The Hall–Kier alpha value is -0.910. The third-order valence-corrected chi connectivity index (χ3v) is 12.8. The highest BCUT2D eigenvalue weighted by Crippen LogP contribution is 2.69. The number of nitrogens with one attached hydrogen (secondary N) is 2. The molecule has 1 aromatic heterocycles. The van der Waals surface area contributed by atoms with Gasteiger partial charge in [-0.15, -0.1) is 0 Å². The number of aromatic nitrogens is 2. The van der Waals surface area contributed by atoms with E-state index in [1.54, 1.807) is 6.33 Å². The Bertz CT molecular complexity index is 920. The average molecular weight is 542 g/mol. The van der Waals surface area contributed by atoms with Crippen molar-refractivity contribution in [3.05, 3.63) is 18.2 Å². The predicted octanol–water partition coefficient (Wildman–Crippen LogP) is 7.16. The smallest absolute Gasteiger partial charge is 0.0923 e. The third kappa shape index (κ3) is 5.39. The number of fused-ring (bicyclic) bond motifs is 5. The van der Waals surface area contributed by atoms with Crippen molar-refractivity contribution in [1.82, 2.24) is 15.3 Å². The molecule has 1 heterocycles. The summed E-state index contributed by atoms with van der Waals surface area (Å²) in [6.07, 6.45) is 18.5. The van der Waals surface area contributed by atoms with Crippen LogP contribution in [0, 0.1) is 46.3 Å². The molecule has 4 fully saturated rings. The van der Waals surface area contributed by atoms with E-state index >= 15 is 0 Å². The van der Waals surface area contributed by atoms with Crippen molar-refractivity contribution in [3.8, 4) is 0 Å². The van der Waals surface area contributed by atoms with E-state index in [1.165, 1.54) is 44.9 Å². The van der Waals surface area contributed by atoms with Crippen molar-refractivity contribution in [2.75, 3.05) is 13.2 Å². The van der Waals surface area contributed by atoms with Crippen molar-refractivity contribution < 1.29 is 9.84 Å². The van der Waals surface area contributed by atoms with Gasteiger partial charge in [0.25, 0.3) is 0 Å².